The van der Waals surface area contributed by atoms with Gasteiger partial charge in [0.05, 0.1) is 5.69 Å². The van der Waals surface area contributed by atoms with Crippen LogP contribution in [-0.2, 0) is 0 Å². The van der Waals surface area contributed by atoms with Crippen molar-refractivity contribution in [3.8, 4) is 0 Å². The fourth-order valence-corrected chi connectivity index (χ4v) is 1.67. The second kappa shape index (κ2) is 4.13. The van der Waals surface area contributed by atoms with Crippen LogP contribution in [0.2, 0.25) is 5.15 Å². The molecule has 2 heterocycles. The Hall–Kier alpha value is -0.840. The summed E-state index contributed by atoms with van der Waals surface area (Å²) in [7, 11) is 0. The minimum Gasteiger partial charge on any atom is -0.396 e. The third-order valence-corrected chi connectivity index (χ3v) is 2.65. The van der Waals surface area contributed by atoms with Crippen molar-refractivity contribution >= 4 is 17.3 Å². The SMILES string of the molecule is Nc1cc([C@@H]2CNCCN2)cnc1Cl. The van der Waals surface area contributed by atoms with Crippen molar-refractivity contribution in [3.05, 3.63) is 23.0 Å². The lowest BCUT2D eigenvalue weighted by molar-refractivity contribution is 0.429. The number of piperazine rings is 1. The largest absolute Gasteiger partial charge is 0.396 e. The van der Waals surface area contributed by atoms with Gasteiger partial charge in [-0.2, -0.15) is 0 Å². The Morgan fingerprint density at radius 3 is 3.00 bits per heavy atom. The molecule has 0 amide bonds. The highest BCUT2D eigenvalue weighted by molar-refractivity contribution is 6.31. The monoisotopic (exact) mass is 212 g/mol. The molecular weight excluding hydrogens is 200 g/mol. The van der Waals surface area contributed by atoms with E-state index in [1.54, 1.807) is 6.20 Å². The number of rotatable bonds is 1. The predicted molar refractivity (Wildman–Crippen MR) is 57.3 cm³/mol. The summed E-state index contributed by atoms with van der Waals surface area (Å²) in [6.07, 6.45) is 1.77. The van der Waals surface area contributed by atoms with Gasteiger partial charge in [-0.25, -0.2) is 4.98 Å². The van der Waals surface area contributed by atoms with Crippen LogP contribution < -0.4 is 16.4 Å². The number of nitrogens with one attached hydrogen (secondary N) is 2. The molecule has 1 atom stereocenters. The van der Waals surface area contributed by atoms with E-state index in [0.717, 1.165) is 25.2 Å². The maximum atomic E-state index is 5.75. The number of nitrogens with zero attached hydrogens (tertiary/aromatic N) is 1. The maximum Gasteiger partial charge on any atom is 0.151 e. The van der Waals surface area contributed by atoms with E-state index < -0.39 is 0 Å². The lowest BCUT2D eigenvalue weighted by Crippen LogP contribution is -2.42. The Balaban J connectivity index is 2.18. The first-order valence-corrected chi connectivity index (χ1v) is 5.00. The lowest BCUT2D eigenvalue weighted by Gasteiger charge is -2.24. The number of pyridine rings is 1. The molecule has 2 rings (SSSR count). The molecule has 0 aliphatic carbocycles. The zero-order chi connectivity index (χ0) is 9.97. The Labute approximate surface area is 87.8 Å². The number of nitrogen functional groups attached to an aromatic ring is 1. The number of hydrogen-bond acceptors (Lipinski definition) is 4. The van der Waals surface area contributed by atoms with Gasteiger partial charge in [0.2, 0.25) is 0 Å². The highest BCUT2D eigenvalue weighted by Gasteiger charge is 2.15. The van der Waals surface area contributed by atoms with Gasteiger partial charge in [0.1, 0.15) is 0 Å². The van der Waals surface area contributed by atoms with Crippen LogP contribution in [-0.4, -0.2) is 24.6 Å². The summed E-state index contributed by atoms with van der Waals surface area (Å²) in [5.74, 6) is 0. The normalized spacial score (nSPS) is 22.2. The standard InChI is InChI=1S/C9H13ClN4/c10-9-7(11)3-6(4-14-9)8-5-12-1-2-13-8/h3-4,8,12-13H,1-2,5,11H2/t8-/m0/s1. The van der Waals surface area contributed by atoms with Crippen LogP contribution in [0.25, 0.3) is 0 Å². The van der Waals surface area contributed by atoms with Crippen LogP contribution in [0.1, 0.15) is 11.6 Å². The van der Waals surface area contributed by atoms with E-state index in [2.05, 4.69) is 15.6 Å². The molecule has 1 fully saturated rings. The smallest absolute Gasteiger partial charge is 0.151 e. The molecular formula is C9H13ClN4. The van der Waals surface area contributed by atoms with Crippen molar-refractivity contribution in [2.75, 3.05) is 25.4 Å². The minimum atomic E-state index is 0.288. The molecule has 0 spiro atoms. The average molecular weight is 213 g/mol. The van der Waals surface area contributed by atoms with E-state index in [4.69, 9.17) is 17.3 Å². The van der Waals surface area contributed by atoms with Gasteiger partial charge in [-0.3, -0.25) is 0 Å². The van der Waals surface area contributed by atoms with Gasteiger partial charge >= 0.3 is 0 Å². The first-order valence-electron chi connectivity index (χ1n) is 4.62. The van der Waals surface area contributed by atoms with E-state index in [0.29, 0.717) is 10.8 Å². The van der Waals surface area contributed by atoms with Gasteiger partial charge < -0.3 is 16.4 Å². The van der Waals surface area contributed by atoms with Crippen molar-refractivity contribution in [1.29, 1.82) is 0 Å². The molecule has 0 aromatic carbocycles. The van der Waals surface area contributed by atoms with Gasteiger partial charge in [0.15, 0.2) is 5.15 Å². The van der Waals surface area contributed by atoms with Crippen molar-refractivity contribution in [2.45, 2.75) is 6.04 Å². The van der Waals surface area contributed by atoms with Crippen molar-refractivity contribution < 1.29 is 0 Å². The second-order valence-corrected chi connectivity index (χ2v) is 3.72. The molecule has 1 aromatic rings. The summed E-state index contributed by atoms with van der Waals surface area (Å²) in [5.41, 5.74) is 7.31. The summed E-state index contributed by atoms with van der Waals surface area (Å²) in [6, 6.07) is 2.16. The van der Waals surface area contributed by atoms with Crippen molar-refractivity contribution in [3.63, 3.8) is 0 Å². The van der Waals surface area contributed by atoms with Crippen LogP contribution in [0.5, 0.6) is 0 Å². The van der Waals surface area contributed by atoms with Gasteiger partial charge in [-0.1, -0.05) is 11.6 Å². The molecule has 1 aromatic heterocycles. The van der Waals surface area contributed by atoms with E-state index >= 15 is 0 Å². The lowest BCUT2D eigenvalue weighted by atomic mass is 10.1. The minimum absolute atomic E-state index is 0.288. The molecule has 5 heteroatoms. The molecule has 1 aliphatic rings. The Morgan fingerprint density at radius 1 is 1.50 bits per heavy atom. The highest BCUT2D eigenvalue weighted by atomic mass is 35.5. The van der Waals surface area contributed by atoms with Gasteiger partial charge in [0.25, 0.3) is 0 Å². The fraction of sp³-hybridized carbons (Fsp3) is 0.444. The van der Waals surface area contributed by atoms with Crippen molar-refractivity contribution in [2.24, 2.45) is 0 Å². The van der Waals surface area contributed by atoms with Crippen LogP contribution in [0.4, 0.5) is 5.69 Å². The zero-order valence-corrected chi connectivity index (χ0v) is 8.51. The highest BCUT2D eigenvalue weighted by Crippen LogP contribution is 2.20. The van der Waals surface area contributed by atoms with Crippen LogP contribution in [0.3, 0.4) is 0 Å². The van der Waals surface area contributed by atoms with Crippen LogP contribution in [0, 0.1) is 0 Å². The molecule has 0 radical (unpaired) electrons. The number of hydrogen-bond donors (Lipinski definition) is 3. The third kappa shape index (κ3) is 1.97. The van der Waals surface area contributed by atoms with Gasteiger partial charge in [-0.05, 0) is 11.6 Å². The predicted octanol–water partition coefficient (Wildman–Crippen LogP) is 0.551. The molecule has 14 heavy (non-hydrogen) atoms. The van der Waals surface area contributed by atoms with E-state index in [-0.39, 0.29) is 6.04 Å². The summed E-state index contributed by atoms with van der Waals surface area (Å²) in [6.45, 7) is 2.88. The zero-order valence-electron chi connectivity index (χ0n) is 7.76. The van der Waals surface area contributed by atoms with E-state index in [1.807, 2.05) is 6.07 Å². The molecule has 4 N–H and O–H groups in total. The number of halogens is 1. The number of aromatic nitrogens is 1. The Morgan fingerprint density at radius 2 is 2.36 bits per heavy atom. The number of nitrogens with two attached hydrogens (primary N) is 1. The molecule has 0 saturated carbocycles. The molecule has 76 valence electrons. The average Bonchev–Trinajstić information content (AvgIpc) is 2.23. The first kappa shape index (κ1) is 9.71. The van der Waals surface area contributed by atoms with Gasteiger partial charge in [-0.15, -0.1) is 0 Å². The third-order valence-electron chi connectivity index (χ3n) is 2.33. The fourth-order valence-electron chi connectivity index (χ4n) is 1.56. The first-order chi connectivity index (χ1) is 6.77. The van der Waals surface area contributed by atoms with Crippen molar-refractivity contribution in [1.82, 2.24) is 15.6 Å². The summed E-state index contributed by atoms with van der Waals surface area (Å²) < 4.78 is 0. The maximum absolute atomic E-state index is 5.75. The summed E-state index contributed by atoms with van der Waals surface area (Å²) in [4.78, 5) is 4.03. The topological polar surface area (TPSA) is 63.0 Å². The Kier molecular flexibility index (Phi) is 2.86. The van der Waals surface area contributed by atoms with Crippen LogP contribution in [0.15, 0.2) is 12.3 Å². The van der Waals surface area contributed by atoms with E-state index in [9.17, 15) is 0 Å². The molecule has 1 saturated heterocycles. The number of anilines is 1. The van der Waals surface area contributed by atoms with Gasteiger partial charge in [0, 0.05) is 31.9 Å². The quantitative estimate of drug-likeness (QED) is 0.595. The summed E-state index contributed by atoms with van der Waals surface area (Å²) >= 11 is 5.75. The van der Waals surface area contributed by atoms with E-state index in [1.165, 1.54) is 0 Å². The second-order valence-electron chi connectivity index (χ2n) is 3.36. The Bertz CT molecular complexity index is 323. The molecule has 0 unspecified atom stereocenters. The molecule has 4 nitrogen and oxygen atoms in total. The van der Waals surface area contributed by atoms with Crippen LogP contribution >= 0.6 is 11.6 Å². The molecule has 1 aliphatic heterocycles. The molecule has 0 bridgehead atoms. The summed E-state index contributed by atoms with van der Waals surface area (Å²) in [5, 5.41) is 7.06.